The molecule has 3 nitrogen and oxygen atoms in total. The van der Waals surface area contributed by atoms with E-state index in [9.17, 15) is 0 Å². The Morgan fingerprint density at radius 3 is 2.93 bits per heavy atom. The van der Waals surface area contributed by atoms with Gasteiger partial charge in [-0.3, -0.25) is 4.90 Å². The minimum atomic E-state index is 0.452. The second-order valence-corrected chi connectivity index (χ2v) is 5.02. The Labute approximate surface area is 93.0 Å². The normalized spacial score (nSPS) is 38.4. The van der Waals surface area contributed by atoms with Crippen LogP contribution in [0.3, 0.4) is 0 Å². The predicted octanol–water partition coefficient (Wildman–Crippen LogP) is 1.22. The molecule has 0 aromatic rings. The lowest BCUT2D eigenvalue weighted by molar-refractivity contribution is -0.0343. The molecule has 0 aromatic carbocycles. The SMILES string of the molecule is CCC1CN(CC2CCCC2N)CCO1. The van der Waals surface area contributed by atoms with Gasteiger partial charge in [0.05, 0.1) is 12.7 Å². The van der Waals surface area contributed by atoms with Crippen LogP contribution in [0.2, 0.25) is 0 Å². The molecule has 1 saturated carbocycles. The van der Waals surface area contributed by atoms with Crippen molar-refractivity contribution in [3.63, 3.8) is 0 Å². The Kier molecular flexibility index (Phi) is 4.00. The summed E-state index contributed by atoms with van der Waals surface area (Å²) >= 11 is 0. The highest BCUT2D eigenvalue weighted by Crippen LogP contribution is 2.25. The molecule has 0 radical (unpaired) electrons. The highest BCUT2D eigenvalue weighted by molar-refractivity contribution is 4.84. The van der Waals surface area contributed by atoms with E-state index in [2.05, 4.69) is 11.8 Å². The summed E-state index contributed by atoms with van der Waals surface area (Å²) < 4.78 is 5.68. The molecule has 88 valence electrons. The zero-order valence-electron chi connectivity index (χ0n) is 9.82. The zero-order valence-corrected chi connectivity index (χ0v) is 9.82. The van der Waals surface area contributed by atoms with Gasteiger partial charge in [0.25, 0.3) is 0 Å². The van der Waals surface area contributed by atoms with Crippen LogP contribution in [0, 0.1) is 5.92 Å². The Morgan fingerprint density at radius 1 is 1.40 bits per heavy atom. The average molecular weight is 212 g/mol. The van der Waals surface area contributed by atoms with Gasteiger partial charge in [0.2, 0.25) is 0 Å². The van der Waals surface area contributed by atoms with Gasteiger partial charge in [-0.2, -0.15) is 0 Å². The minimum absolute atomic E-state index is 0.452. The highest BCUT2D eigenvalue weighted by Gasteiger charge is 2.28. The van der Waals surface area contributed by atoms with E-state index in [1.54, 1.807) is 0 Å². The first kappa shape index (κ1) is 11.4. The predicted molar refractivity (Wildman–Crippen MR) is 61.8 cm³/mol. The molecule has 2 fully saturated rings. The lowest BCUT2D eigenvalue weighted by atomic mass is 10.0. The first-order valence-electron chi connectivity index (χ1n) is 6.39. The van der Waals surface area contributed by atoms with Crippen LogP contribution in [0.15, 0.2) is 0 Å². The molecule has 2 rings (SSSR count). The summed E-state index contributed by atoms with van der Waals surface area (Å²) in [5.41, 5.74) is 6.11. The number of nitrogens with two attached hydrogens (primary N) is 1. The molecule has 2 N–H and O–H groups in total. The van der Waals surface area contributed by atoms with Crippen LogP contribution in [0.4, 0.5) is 0 Å². The molecule has 3 heteroatoms. The molecular formula is C12H24N2O. The maximum absolute atomic E-state index is 6.11. The van der Waals surface area contributed by atoms with E-state index >= 15 is 0 Å². The van der Waals surface area contributed by atoms with E-state index < -0.39 is 0 Å². The number of ether oxygens (including phenoxy) is 1. The Bertz CT molecular complexity index is 198. The van der Waals surface area contributed by atoms with E-state index in [-0.39, 0.29) is 0 Å². The van der Waals surface area contributed by atoms with Crippen LogP contribution in [-0.2, 0) is 4.74 Å². The van der Waals surface area contributed by atoms with E-state index in [1.807, 2.05) is 0 Å². The van der Waals surface area contributed by atoms with Gasteiger partial charge in [0.1, 0.15) is 0 Å². The lowest BCUT2D eigenvalue weighted by Crippen LogP contribution is -2.46. The zero-order chi connectivity index (χ0) is 10.7. The van der Waals surface area contributed by atoms with Gasteiger partial charge in [-0.15, -0.1) is 0 Å². The van der Waals surface area contributed by atoms with Crippen LogP contribution in [0.1, 0.15) is 32.6 Å². The smallest absolute Gasteiger partial charge is 0.0700 e. The molecule has 0 amide bonds. The molecule has 1 saturated heterocycles. The van der Waals surface area contributed by atoms with Gasteiger partial charge in [0.15, 0.2) is 0 Å². The van der Waals surface area contributed by atoms with Gasteiger partial charge in [-0.25, -0.2) is 0 Å². The maximum Gasteiger partial charge on any atom is 0.0700 e. The fraction of sp³-hybridized carbons (Fsp3) is 1.00. The van der Waals surface area contributed by atoms with Crippen LogP contribution < -0.4 is 5.73 Å². The van der Waals surface area contributed by atoms with Crippen molar-refractivity contribution in [2.45, 2.75) is 44.8 Å². The number of morpholine rings is 1. The number of rotatable bonds is 3. The topological polar surface area (TPSA) is 38.5 Å². The Morgan fingerprint density at radius 2 is 2.27 bits per heavy atom. The van der Waals surface area contributed by atoms with Gasteiger partial charge in [-0.1, -0.05) is 13.3 Å². The maximum atomic E-state index is 6.11. The fourth-order valence-electron chi connectivity index (χ4n) is 2.82. The molecule has 0 aromatic heterocycles. The third-order valence-corrected chi connectivity index (χ3v) is 3.89. The van der Waals surface area contributed by atoms with Crippen LogP contribution in [0.25, 0.3) is 0 Å². The van der Waals surface area contributed by atoms with E-state index in [1.165, 1.54) is 25.8 Å². The largest absolute Gasteiger partial charge is 0.376 e. The third-order valence-electron chi connectivity index (χ3n) is 3.89. The third kappa shape index (κ3) is 2.92. The molecule has 1 aliphatic carbocycles. The number of nitrogens with zero attached hydrogens (tertiary/aromatic N) is 1. The summed E-state index contributed by atoms with van der Waals surface area (Å²) in [5.74, 6) is 0.737. The van der Waals surface area contributed by atoms with E-state index in [4.69, 9.17) is 10.5 Å². The van der Waals surface area contributed by atoms with Gasteiger partial charge < -0.3 is 10.5 Å². The van der Waals surface area contributed by atoms with Crippen molar-refractivity contribution in [3.8, 4) is 0 Å². The van der Waals surface area contributed by atoms with Crippen molar-refractivity contribution in [3.05, 3.63) is 0 Å². The van der Waals surface area contributed by atoms with Gasteiger partial charge in [0, 0.05) is 25.7 Å². The molecule has 0 spiro atoms. The molecule has 0 bridgehead atoms. The summed E-state index contributed by atoms with van der Waals surface area (Å²) in [6.07, 6.45) is 5.47. The molecular weight excluding hydrogens is 188 g/mol. The standard InChI is InChI=1S/C12H24N2O/c1-2-11-9-14(6-7-15-11)8-10-4-3-5-12(10)13/h10-12H,2-9,13H2,1H3. The molecule has 3 atom stereocenters. The van der Waals surface area contributed by atoms with E-state index in [0.717, 1.165) is 32.0 Å². The van der Waals surface area contributed by atoms with E-state index in [0.29, 0.717) is 12.1 Å². The molecule has 1 aliphatic heterocycles. The fourth-order valence-corrected chi connectivity index (χ4v) is 2.82. The van der Waals surface area contributed by atoms with Crippen molar-refractivity contribution >= 4 is 0 Å². The van der Waals surface area contributed by atoms with Crippen LogP contribution in [0.5, 0.6) is 0 Å². The van der Waals surface area contributed by atoms with Crippen molar-refractivity contribution in [1.29, 1.82) is 0 Å². The van der Waals surface area contributed by atoms with Crippen molar-refractivity contribution < 1.29 is 4.74 Å². The molecule has 2 aliphatic rings. The second kappa shape index (κ2) is 5.28. The average Bonchev–Trinajstić information content (AvgIpc) is 2.65. The monoisotopic (exact) mass is 212 g/mol. The van der Waals surface area contributed by atoms with Crippen molar-refractivity contribution in [1.82, 2.24) is 4.90 Å². The summed E-state index contributed by atoms with van der Waals surface area (Å²) in [7, 11) is 0. The van der Waals surface area contributed by atoms with Crippen LogP contribution in [-0.4, -0.2) is 43.3 Å². The second-order valence-electron chi connectivity index (χ2n) is 5.02. The number of hydrogen-bond donors (Lipinski definition) is 1. The summed E-state index contributed by atoms with van der Waals surface area (Å²) in [4.78, 5) is 2.55. The molecule has 1 heterocycles. The van der Waals surface area contributed by atoms with Crippen molar-refractivity contribution in [2.24, 2.45) is 11.7 Å². The first-order chi connectivity index (χ1) is 7.29. The Hall–Kier alpha value is -0.120. The summed E-state index contributed by atoms with van der Waals surface area (Å²) in [6, 6.07) is 0.452. The van der Waals surface area contributed by atoms with Crippen LogP contribution >= 0.6 is 0 Å². The minimum Gasteiger partial charge on any atom is -0.376 e. The van der Waals surface area contributed by atoms with Gasteiger partial charge >= 0.3 is 0 Å². The summed E-state index contributed by atoms with van der Waals surface area (Å²) in [6.45, 7) is 6.51. The summed E-state index contributed by atoms with van der Waals surface area (Å²) in [5, 5.41) is 0. The lowest BCUT2D eigenvalue weighted by Gasteiger charge is -2.34. The molecule has 3 unspecified atom stereocenters. The molecule has 15 heavy (non-hydrogen) atoms. The Balaban J connectivity index is 1.78. The van der Waals surface area contributed by atoms with Gasteiger partial charge in [-0.05, 0) is 25.2 Å². The number of hydrogen-bond acceptors (Lipinski definition) is 3. The highest BCUT2D eigenvalue weighted by atomic mass is 16.5. The quantitative estimate of drug-likeness (QED) is 0.764. The first-order valence-corrected chi connectivity index (χ1v) is 6.39. The van der Waals surface area contributed by atoms with Crippen molar-refractivity contribution in [2.75, 3.05) is 26.2 Å².